The standard InChI is InChI=1S/C18H20BrFN2O5S/c1-5-22(28(4,24)25)15-10-17(27-3)16(26-2)9-12(15)18(23)21-14-7-6-11(19)8-13(14)20/h6-10H,5H2,1-4H3,(H,21,23). The Labute approximate surface area is 171 Å². The van der Waals surface area contributed by atoms with Crippen LogP contribution in [0, 0.1) is 5.82 Å². The van der Waals surface area contributed by atoms with Crippen LogP contribution in [0.2, 0.25) is 0 Å². The number of sulfonamides is 1. The normalized spacial score (nSPS) is 11.1. The molecule has 0 atom stereocenters. The second-order valence-electron chi connectivity index (χ2n) is 5.73. The van der Waals surface area contributed by atoms with Crippen LogP contribution < -0.4 is 19.1 Å². The van der Waals surface area contributed by atoms with Gasteiger partial charge >= 0.3 is 0 Å². The Balaban J connectivity index is 2.61. The van der Waals surface area contributed by atoms with Gasteiger partial charge in [-0.2, -0.15) is 0 Å². The Hall–Kier alpha value is -2.33. The zero-order valence-corrected chi connectivity index (χ0v) is 18.1. The molecule has 0 aliphatic carbocycles. The molecule has 0 fully saturated rings. The molecule has 0 radical (unpaired) electrons. The monoisotopic (exact) mass is 474 g/mol. The van der Waals surface area contributed by atoms with E-state index < -0.39 is 21.7 Å². The molecule has 2 aromatic carbocycles. The molecule has 7 nitrogen and oxygen atoms in total. The molecule has 0 saturated carbocycles. The van der Waals surface area contributed by atoms with Gasteiger partial charge in [0.25, 0.3) is 5.91 Å². The smallest absolute Gasteiger partial charge is 0.258 e. The predicted molar refractivity (Wildman–Crippen MR) is 109 cm³/mol. The van der Waals surface area contributed by atoms with Crippen molar-refractivity contribution in [3.05, 3.63) is 46.2 Å². The first-order chi connectivity index (χ1) is 13.1. The summed E-state index contributed by atoms with van der Waals surface area (Å²) in [7, 11) is -0.890. The quantitative estimate of drug-likeness (QED) is 0.661. The van der Waals surface area contributed by atoms with E-state index in [0.29, 0.717) is 4.47 Å². The molecule has 0 aromatic heterocycles. The lowest BCUT2D eigenvalue weighted by Crippen LogP contribution is -2.31. The number of hydrogen-bond donors (Lipinski definition) is 1. The minimum absolute atomic E-state index is 0.00718. The lowest BCUT2D eigenvalue weighted by Gasteiger charge is -2.24. The maximum absolute atomic E-state index is 14.1. The molecule has 0 saturated heterocycles. The number of carbonyl (C=O) groups excluding carboxylic acids is 1. The third-order valence-electron chi connectivity index (χ3n) is 3.88. The Kier molecular flexibility index (Phi) is 6.89. The highest BCUT2D eigenvalue weighted by molar-refractivity contribution is 9.10. The van der Waals surface area contributed by atoms with E-state index in [2.05, 4.69) is 21.2 Å². The fourth-order valence-corrected chi connectivity index (χ4v) is 3.93. The van der Waals surface area contributed by atoms with Gasteiger partial charge in [-0.1, -0.05) is 15.9 Å². The molecule has 2 aromatic rings. The molecule has 0 unspecified atom stereocenters. The number of ether oxygens (including phenoxy) is 2. The third-order valence-corrected chi connectivity index (χ3v) is 5.63. The van der Waals surface area contributed by atoms with Gasteiger partial charge < -0.3 is 14.8 Å². The molecule has 28 heavy (non-hydrogen) atoms. The highest BCUT2D eigenvalue weighted by Crippen LogP contribution is 2.36. The molecule has 10 heteroatoms. The summed E-state index contributed by atoms with van der Waals surface area (Å²) in [4.78, 5) is 12.9. The van der Waals surface area contributed by atoms with Crippen LogP contribution in [0.15, 0.2) is 34.8 Å². The predicted octanol–water partition coefficient (Wildman–Crippen LogP) is 3.64. The van der Waals surface area contributed by atoms with Crippen molar-refractivity contribution >= 4 is 43.2 Å². The SMILES string of the molecule is CCN(c1cc(OC)c(OC)cc1C(=O)Nc1ccc(Br)cc1F)S(C)(=O)=O. The van der Waals surface area contributed by atoms with Crippen LogP contribution in [0.4, 0.5) is 15.8 Å². The fourth-order valence-electron chi connectivity index (χ4n) is 2.62. The molecule has 0 spiro atoms. The minimum atomic E-state index is -3.68. The van der Waals surface area contributed by atoms with E-state index in [1.54, 1.807) is 13.0 Å². The summed E-state index contributed by atoms with van der Waals surface area (Å²) in [6.45, 7) is 1.72. The molecule has 0 bridgehead atoms. The van der Waals surface area contributed by atoms with Gasteiger partial charge in [-0.3, -0.25) is 9.10 Å². The summed E-state index contributed by atoms with van der Waals surface area (Å²) >= 11 is 3.15. The number of nitrogens with one attached hydrogen (secondary N) is 1. The van der Waals surface area contributed by atoms with Crippen LogP contribution in [-0.4, -0.2) is 41.3 Å². The first kappa shape index (κ1) is 22.0. The Bertz CT molecular complexity index is 998. The van der Waals surface area contributed by atoms with E-state index in [1.165, 1.54) is 38.5 Å². The van der Waals surface area contributed by atoms with Gasteiger partial charge in [-0.25, -0.2) is 12.8 Å². The van der Waals surface area contributed by atoms with Gasteiger partial charge in [0.2, 0.25) is 10.0 Å². The van der Waals surface area contributed by atoms with Gasteiger partial charge in [0.15, 0.2) is 11.5 Å². The first-order valence-electron chi connectivity index (χ1n) is 8.12. The zero-order valence-electron chi connectivity index (χ0n) is 15.7. The average molecular weight is 475 g/mol. The van der Waals surface area contributed by atoms with Crippen molar-refractivity contribution in [1.82, 2.24) is 0 Å². The summed E-state index contributed by atoms with van der Waals surface area (Å²) in [6, 6.07) is 6.93. The van der Waals surface area contributed by atoms with Crippen LogP contribution in [0.3, 0.4) is 0 Å². The van der Waals surface area contributed by atoms with Crippen molar-refractivity contribution in [1.29, 1.82) is 0 Å². The Morgan fingerprint density at radius 2 is 1.79 bits per heavy atom. The van der Waals surface area contributed by atoms with E-state index in [1.807, 2.05) is 0 Å². The molecule has 1 N–H and O–H groups in total. The molecule has 0 heterocycles. The largest absolute Gasteiger partial charge is 0.493 e. The minimum Gasteiger partial charge on any atom is -0.493 e. The number of rotatable bonds is 7. The molecular weight excluding hydrogens is 455 g/mol. The van der Waals surface area contributed by atoms with Crippen molar-refractivity contribution in [2.45, 2.75) is 6.92 Å². The highest BCUT2D eigenvalue weighted by atomic mass is 79.9. The van der Waals surface area contributed by atoms with Crippen LogP contribution in [0.25, 0.3) is 0 Å². The van der Waals surface area contributed by atoms with Crippen molar-refractivity contribution in [2.75, 3.05) is 36.6 Å². The van der Waals surface area contributed by atoms with Crippen molar-refractivity contribution in [2.24, 2.45) is 0 Å². The molecule has 0 aliphatic heterocycles. The van der Waals surface area contributed by atoms with E-state index >= 15 is 0 Å². The van der Waals surface area contributed by atoms with E-state index in [-0.39, 0.29) is 35.0 Å². The number of carbonyl (C=O) groups is 1. The Morgan fingerprint density at radius 3 is 2.29 bits per heavy atom. The molecule has 0 aliphatic rings. The summed E-state index contributed by atoms with van der Waals surface area (Å²) in [5.41, 5.74) is 0.0428. The molecule has 2 rings (SSSR count). The Morgan fingerprint density at radius 1 is 1.18 bits per heavy atom. The van der Waals surface area contributed by atoms with Gasteiger partial charge in [-0.15, -0.1) is 0 Å². The maximum atomic E-state index is 14.1. The van der Waals surface area contributed by atoms with Crippen LogP contribution in [0.5, 0.6) is 11.5 Å². The summed E-state index contributed by atoms with van der Waals surface area (Å²) < 4.78 is 50.5. The lowest BCUT2D eigenvalue weighted by molar-refractivity contribution is 0.102. The number of hydrogen-bond acceptors (Lipinski definition) is 5. The zero-order chi connectivity index (χ0) is 21.1. The highest BCUT2D eigenvalue weighted by Gasteiger charge is 2.25. The average Bonchev–Trinajstić information content (AvgIpc) is 2.62. The number of methoxy groups -OCH3 is 2. The topological polar surface area (TPSA) is 84.9 Å². The molecular formula is C18H20BrFN2O5S. The van der Waals surface area contributed by atoms with Crippen molar-refractivity contribution < 1.29 is 27.1 Å². The summed E-state index contributed by atoms with van der Waals surface area (Å²) in [6.07, 6.45) is 1.03. The van der Waals surface area contributed by atoms with Gasteiger partial charge in [0, 0.05) is 17.1 Å². The van der Waals surface area contributed by atoms with E-state index in [4.69, 9.17) is 9.47 Å². The number of anilines is 2. The lowest BCUT2D eigenvalue weighted by atomic mass is 10.1. The fraction of sp³-hybridized carbons (Fsp3) is 0.278. The van der Waals surface area contributed by atoms with E-state index in [0.717, 1.165) is 10.6 Å². The van der Waals surface area contributed by atoms with Gasteiger partial charge in [0.05, 0.1) is 37.4 Å². The number of halogens is 2. The number of amides is 1. The third kappa shape index (κ3) is 4.74. The summed E-state index contributed by atoms with van der Waals surface area (Å²) in [5.74, 6) is -0.845. The van der Waals surface area contributed by atoms with Crippen molar-refractivity contribution in [3.8, 4) is 11.5 Å². The van der Waals surface area contributed by atoms with Gasteiger partial charge in [0.1, 0.15) is 5.82 Å². The number of nitrogens with zero attached hydrogens (tertiary/aromatic N) is 1. The van der Waals surface area contributed by atoms with Crippen molar-refractivity contribution in [3.63, 3.8) is 0 Å². The van der Waals surface area contributed by atoms with Crippen LogP contribution in [-0.2, 0) is 10.0 Å². The van der Waals surface area contributed by atoms with Crippen LogP contribution >= 0.6 is 15.9 Å². The maximum Gasteiger partial charge on any atom is 0.258 e. The molecule has 1 amide bonds. The molecule has 152 valence electrons. The van der Waals surface area contributed by atoms with E-state index in [9.17, 15) is 17.6 Å². The summed E-state index contributed by atoms with van der Waals surface area (Å²) in [5, 5.41) is 2.46. The first-order valence-corrected chi connectivity index (χ1v) is 10.8. The van der Waals surface area contributed by atoms with Gasteiger partial charge in [-0.05, 0) is 31.2 Å². The van der Waals surface area contributed by atoms with Crippen LogP contribution in [0.1, 0.15) is 17.3 Å². The second-order valence-corrected chi connectivity index (χ2v) is 8.55. The number of benzene rings is 2. The second kappa shape index (κ2) is 8.78.